The number of para-hydroxylation sites is 1. The number of hydrogen-bond donors (Lipinski definition) is 2. The molecule has 0 spiro atoms. The third-order valence-electron chi connectivity index (χ3n) is 5.31. The Balaban J connectivity index is 1.16. The molecule has 1 unspecified atom stereocenters. The average Bonchev–Trinajstić information content (AvgIpc) is 3.49. The maximum Gasteiger partial charge on any atom is 0.239 e. The van der Waals surface area contributed by atoms with E-state index < -0.39 is 0 Å². The predicted octanol–water partition coefficient (Wildman–Crippen LogP) is 1.11. The lowest BCUT2D eigenvalue weighted by molar-refractivity contribution is -0.121. The molecular weight excluding hydrogens is 384 g/mol. The molecular formula is C20H26N8O2. The molecule has 1 aromatic carbocycles. The van der Waals surface area contributed by atoms with Crippen molar-refractivity contribution in [2.75, 3.05) is 37.6 Å². The monoisotopic (exact) mass is 410 g/mol. The van der Waals surface area contributed by atoms with Crippen LogP contribution in [0.2, 0.25) is 0 Å². The Hall–Kier alpha value is -3.27. The summed E-state index contributed by atoms with van der Waals surface area (Å²) in [7, 11) is 0. The van der Waals surface area contributed by atoms with Gasteiger partial charge in [0.15, 0.2) is 5.82 Å². The first-order valence-corrected chi connectivity index (χ1v) is 10.2. The van der Waals surface area contributed by atoms with Gasteiger partial charge in [-0.2, -0.15) is 10.1 Å². The van der Waals surface area contributed by atoms with Crippen molar-refractivity contribution in [3.63, 3.8) is 0 Å². The zero-order valence-electron chi connectivity index (χ0n) is 17.0. The molecule has 2 aromatic heterocycles. The Bertz CT molecular complexity index is 919. The van der Waals surface area contributed by atoms with Crippen molar-refractivity contribution >= 4 is 11.6 Å². The number of nitrogens with one attached hydrogen (secondary N) is 2. The van der Waals surface area contributed by atoms with Crippen LogP contribution in [-0.4, -0.2) is 74.9 Å². The van der Waals surface area contributed by atoms with Crippen LogP contribution in [0.25, 0.3) is 11.6 Å². The second kappa shape index (κ2) is 9.49. The minimum Gasteiger partial charge on any atom is -0.369 e. The molecule has 0 aliphatic carbocycles. The molecule has 0 radical (unpaired) electrons. The Kier molecular flexibility index (Phi) is 6.33. The van der Waals surface area contributed by atoms with Gasteiger partial charge in [-0.25, -0.2) is 4.98 Å². The molecule has 3 aromatic rings. The van der Waals surface area contributed by atoms with Crippen molar-refractivity contribution in [3.8, 4) is 11.6 Å². The molecule has 1 aliphatic rings. The van der Waals surface area contributed by atoms with Gasteiger partial charge in [0.25, 0.3) is 0 Å². The normalized spacial score (nSPS) is 15.8. The summed E-state index contributed by atoms with van der Waals surface area (Å²) < 4.78 is 5.16. The Morgan fingerprint density at radius 3 is 2.77 bits per heavy atom. The Morgan fingerprint density at radius 1 is 1.23 bits per heavy atom. The predicted molar refractivity (Wildman–Crippen MR) is 111 cm³/mol. The van der Waals surface area contributed by atoms with Crippen molar-refractivity contribution < 1.29 is 9.32 Å². The topological polar surface area (TPSA) is 116 Å². The van der Waals surface area contributed by atoms with Crippen LogP contribution >= 0.6 is 0 Å². The minimum atomic E-state index is -0.0239. The Morgan fingerprint density at radius 2 is 2.03 bits per heavy atom. The molecule has 1 saturated heterocycles. The van der Waals surface area contributed by atoms with Crippen molar-refractivity contribution in [1.82, 2.24) is 35.5 Å². The number of benzene rings is 1. The number of rotatable bonds is 8. The summed E-state index contributed by atoms with van der Waals surface area (Å²) in [6.07, 6.45) is 2.06. The molecule has 158 valence electrons. The maximum atomic E-state index is 12.2. The number of aromatic nitrogens is 5. The van der Waals surface area contributed by atoms with Crippen molar-refractivity contribution in [1.29, 1.82) is 0 Å². The summed E-state index contributed by atoms with van der Waals surface area (Å²) in [5, 5.41) is 13.3. The maximum absolute atomic E-state index is 12.2. The van der Waals surface area contributed by atoms with Gasteiger partial charge in [0.1, 0.15) is 6.33 Å². The van der Waals surface area contributed by atoms with Crippen LogP contribution in [-0.2, 0) is 11.2 Å². The van der Waals surface area contributed by atoms with Gasteiger partial charge in [0, 0.05) is 57.3 Å². The molecule has 4 rings (SSSR count). The number of hydrogen-bond acceptors (Lipinski definition) is 8. The van der Waals surface area contributed by atoms with E-state index in [1.165, 1.54) is 12.0 Å². The highest BCUT2D eigenvalue weighted by molar-refractivity contribution is 5.76. The lowest BCUT2D eigenvalue weighted by atomic mass is 10.2. The molecule has 10 nitrogen and oxygen atoms in total. The van der Waals surface area contributed by atoms with E-state index in [9.17, 15) is 4.79 Å². The van der Waals surface area contributed by atoms with Crippen LogP contribution in [0, 0.1) is 0 Å². The molecule has 1 amide bonds. The zero-order valence-corrected chi connectivity index (χ0v) is 17.0. The summed E-state index contributed by atoms with van der Waals surface area (Å²) in [6, 6.07) is 10.8. The van der Waals surface area contributed by atoms with Crippen LogP contribution in [0.4, 0.5) is 5.69 Å². The SMILES string of the molecule is CC(CNC(=O)CCc1nc(-c2ncn[nH]2)no1)N1CCN(c2ccccc2)CC1. The molecule has 0 bridgehead atoms. The molecule has 10 heteroatoms. The van der Waals surface area contributed by atoms with E-state index in [4.69, 9.17) is 4.52 Å². The third kappa shape index (κ3) is 5.01. The molecule has 30 heavy (non-hydrogen) atoms. The Labute approximate surface area is 174 Å². The van der Waals surface area contributed by atoms with Gasteiger partial charge >= 0.3 is 0 Å². The second-order valence-electron chi connectivity index (χ2n) is 7.36. The first-order valence-electron chi connectivity index (χ1n) is 10.2. The quantitative estimate of drug-likeness (QED) is 0.567. The van der Waals surface area contributed by atoms with E-state index in [2.05, 4.69) is 71.6 Å². The fourth-order valence-electron chi connectivity index (χ4n) is 3.53. The van der Waals surface area contributed by atoms with E-state index in [0.29, 0.717) is 36.9 Å². The first kappa shape index (κ1) is 20.0. The number of amides is 1. The summed E-state index contributed by atoms with van der Waals surface area (Å²) in [5.41, 5.74) is 1.27. The fourth-order valence-corrected chi connectivity index (χ4v) is 3.53. The molecule has 1 aliphatic heterocycles. The number of piperazine rings is 1. The van der Waals surface area contributed by atoms with Crippen molar-refractivity contribution in [2.24, 2.45) is 0 Å². The lowest BCUT2D eigenvalue weighted by Gasteiger charge is -2.39. The summed E-state index contributed by atoms with van der Waals surface area (Å²) in [6.45, 7) is 6.73. The molecule has 0 saturated carbocycles. The minimum absolute atomic E-state index is 0.0239. The fraction of sp³-hybridized carbons (Fsp3) is 0.450. The molecule has 1 atom stereocenters. The smallest absolute Gasteiger partial charge is 0.239 e. The van der Waals surface area contributed by atoms with Crippen LogP contribution in [0.3, 0.4) is 0 Å². The van der Waals surface area contributed by atoms with Gasteiger partial charge < -0.3 is 14.7 Å². The van der Waals surface area contributed by atoms with Crippen LogP contribution in [0.5, 0.6) is 0 Å². The number of carbonyl (C=O) groups excluding carboxylic acids is 1. The summed E-state index contributed by atoms with van der Waals surface area (Å²) in [5.74, 6) is 1.16. The van der Waals surface area contributed by atoms with Crippen molar-refractivity contribution in [2.45, 2.75) is 25.8 Å². The van der Waals surface area contributed by atoms with Gasteiger partial charge in [0.05, 0.1) is 0 Å². The van der Waals surface area contributed by atoms with Crippen LogP contribution < -0.4 is 10.2 Å². The largest absolute Gasteiger partial charge is 0.369 e. The van der Waals surface area contributed by atoms with E-state index in [0.717, 1.165) is 26.2 Å². The first-order chi connectivity index (χ1) is 14.7. The van der Waals surface area contributed by atoms with Crippen molar-refractivity contribution in [3.05, 3.63) is 42.5 Å². The van der Waals surface area contributed by atoms with E-state index in [1.807, 2.05) is 6.07 Å². The molecule has 2 N–H and O–H groups in total. The van der Waals surface area contributed by atoms with E-state index in [1.54, 1.807) is 0 Å². The van der Waals surface area contributed by atoms with Gasteiger partial charge in [0.2, 0.25) is 17.6 Å². The lowest BCUT2D eigenvalue weighted by Crippen LogP contribution is -2.52. The van der Waals surface area contributed by atoms with E-state index in [-0.39, 0.29) is 11.9 Å². The summed E-state index contributed by atoms with van der Waals surface area (Å²) >= 11 is 0. The van der Waals surface area contributed by atoms with Crippen LogP contribution in [0.1, 0.15) is 19.2 Å². The number of carbonyl (C=O) groups is 1. The van der Waals surface area contributed by atoms with Gasteiger partial charge in [-0.05, 0) is 19.1 Å². The number of H-pyrrole nitrogens is 1. The summed E-state index contributed by atoms with van der Waals surface area (Å²) in [4.78, 5) is 25.2. The third-order valence-corrected chi connectivity index (χ3v) is 5.31. The van der Waals surface area contributed by atoms with E-state index >= 15 is 0 Å². The second-order valence-corrected chi connectivity index (χ2v) is 7.36. The average molecular weight is 410 g/mol. The highest BCUT2D eigenvalue weighted by atomic mass is 16.5. The van der Waals surface area contributed by atoms with Gasteiger partial charge in [-0.1, -0.05) is 23.4 Å². The van der Waals surface area contributed by atoms with Crippen LogP contribution in [0.15, 0.2) is 41.2 Å². The number of aryl methyl sites for hydroxylation is 1. The molecule has 1 fully saturated rings. The zero-order chi connectivity index (χ0) is 20.8. The molecule has 3 heterocycles. The highest BCUT2D eigenvalue weighted by Gasteiger charge is 2.21. The number of nitrogens with zero attached hydrogens (tertiary/aromatic N) is 6. The van der Waals surface area contributed by atoms with Gasteiger partial charge in [-0.3, -0.25) is 14.8 Å². The standard InChI is InChI=1S/C20H26N8O2/c1-15(27-9-11-28(12-10-27)16-5-3-2-4-6-16)13-21-17(29)7-8-18-24-20(26-30-18)19-22-14-23-25-19/h2-6,14-15H,7-13H2,1H3,(H,21,29)(H,22,23,25). The highest BCUT2D eigenvalue weighted by Crippen LogP contribution is 2.16. The van der Waals surface area contributed by atoms with Gasteiger partial charge in [-0.15, -0.1) is 0 Å². The number of aromatic amines is 1. The number of anilines is 1.